The van der Waals surface area contributed by atoms with E-state index in [0.717, 1.165) is 15.9 Å². The van der Waals surface area contributed by atoms with E-state index in [2.05, 4.69) is 113 Å². The molecule has 0 amide bonds. The summed E-state index contributed by atoms with van der Waals surface area (Å²) in [6.45, 7) is 0. The van der Waals surface area contributed by atoms with Crippen LogP contribution in [0, 0.1) is 0 Å². The van der Waals surface area contributed by atoms with Gasteiger partial charge < -0.3 is 4.57 Å². The topological polar surface area (TPSA) is 30.7 Å². The molecule has 0 saturated carbocycles. The molecule has 39 heavy (non-hydrogen) atoms. The highest BCUT2D eigenvalue weighted by molar-refractivity contribution is 7.29. The van der Waals surface area contributed by atoms with Gasteiger partial charge in [0.25, 0.3) is 0 Å². The Morgan fingerprint density at radius 3 is 2.15 bits per heavy atom. The molecule has 0 saturated heterocycles. The summed E-state index contributed by atoms with van der Waals surface area (Å²) in [6, 6.07) is 37.1. The normalized spacial score (nSPS) is 12.1. The van der Waals surface area contributed by atoms with Crippen molar-refractivity contribution in [3.8, 4) is 16.8 Å². The number of benzene rings is 5. The molecule has 0 aliphatic rings. The average molecular weight is 534 g/mol. The summed E-state index contributed by atoms with van der Waals surface area (Å²) >= 11 is 3.67. The molecule has 0 bridgehead atoms. The Bertz CT molecular complexity index is 2380. The van der Waals surface area contributed by atoms with Crippen LogP contribution in [0.2, 0.25) is 0 Å². The van der Waals surface area contributed by atoms with E-state index in [-0.39, 0.29) is 0 Å². The van der Waals surface area contributed by atoms with Gasteiger partial charge in [0.2, 0.25) is 0 Å². The number of aromatic nitrogens is 3. The number of fused-ring (bicyclic) bond motifs is 12. The van der Waals surface area contributed by atoms with Crippen molar-refractivity contribution in [3.05, 3.63) is 116 Å². The molecule has 0 fully saturated rings. The van der Waals surface area contributed by atoms with E-state index in [4.69, 9.17) is 4.98 Å². The molecular weight excluding hydrogens is 515 g/mol. The third kappa shape index (κ3) is 2.91. The van der Waals surface area contributed by atoms with Gasteiger partial charge in [-0.2, -0.15) is 0 Å². The van der Waals surface area contributed by atoms with Crippen LogP contribution in [-0.2, 0) is 0 Å². The van der Waals surface area contributed by atoms with Crippen molar-refractivity contribution >= 4 is 85.0 Å². The Morgan fingerprint density at radius 1 is 0.564 bits per heavy atom. The molecule has 0 aliphatic carbocycles. The van der Waals surface area contributed by atoms with E-state index in [0.29, 0.717) is 0 Å². The van der Waals surface area contributed by atoms with Gasteiger partial charge in [0.15, 0.2) is 0 Å². The zero-order valence-electron chi connectivity index (χ0n) is 20.6. The zero-order chi connectivity index (χ0) is 25.5. The van der Waals surface area contributed by atoms with Crippen molar-refractivity contribution in [2.75, 3.05) is 0 Å². The highest BCUT2D eigenvalue weighted by Gasteiger charge is 2.24. The van der Waals surface area contributed by atoms with Crippen LogP contribution in [0.3, 0.4) is 0 Å². The number of thiophene rings is 2. The molecule has 0 atom stereocenters. The van der Waals surface area contributed by atoms with Gasteiger partial charge >= 0.3 is 0 Å². The lowest BCUT2D eigenvalue weighted by Gasteiger charge is -2.10. The SMILES string of the molecule is c1ccc(-c2ccc(-n3c4ccccc4c4c5sc6ccccc6c5c5c6cncnc6sc5c43)cc2)cc1. The Kier molecular flexibility index (Phi) is 4.36. The predicted molar refractivity (Wildman–Crippen MR) is 168 cm³/mol. The Balaban J connectivity index is 1.50. The summed E-state index contributed by atoms with van der Waals surface area (Å²) in [4.78, 5) is 10.2. The van der Waals surface area contributed by atoms with Crippen molar-refractivity contribution in [1.82, 2.24) is 14.5 Å². The van der Waals surface area contributed by atoms with Crippen molar-refractivity contribution < 1.29 is 0 Å². The minimum absolute atomic E-state index is 1.03. The van der Waals surface area contributed by atoms with Crippen LogP contribution in [0.25, 0.3) is 79.1 Å². The first-order chi connectivity index (χ1) is 19.4. The molecule has 0 unspecified atom stereocenters. The number of hydrogen-bond donors (Lipinski definition) is 0. The summed E-state index contributed by atoms with van der Waals surface area (Å²) in [5, 5.41) is 7.62. The summed E-state index contributed by atoms with van der Waals surface area (Å²) in [6.07, 6.45) is 3.65. The molecule has 9 aromatic rings. The van der Waals surface area contributed by atoms with Crippen LogP contribution < -0.4 is 0 Å². The maximum atomic E-state index is 4.70. The number of nitrogens with zero attached hydrogens (tertiary/aromatic N) is 3. The van der Waals surface area contributed by atoms with E-state index in [1.807, 2.05) is 17.5 Å². The highest BCUT2D eigenvalue weighted by Crippen LogP contribution is 2.51. The van der Waals surface area contributed by atoms with Gasteiger partial charge in [-0.1, -0.05) is 78.9 Å². The van der Waals surface area contributed by atoms with Gasteiger partial charge in [-0.3, -0.25) is 0 Å². The molecule has 0 aliphatic heterocycles. The van der Waals surface area contributed by atoms with Gasteiger partial charge in [0, 0.05) is 53.6 Å². The molecule has 182 valence electrons. The van der Waals surface area contributed by atoms with E-state index in [9.17, 15) is 0 Å². The van der Waals surface area contributed by atoms with Crippen LogP contribution in [-0.4, -0.2) is 14.5 Å². The largest absolute Gasteiger partial charge is 0.308 e. The maximum Gasteiger partial charge on any atom is 0.127 e. The zero-order valence-corrected chi connectivity index (χ0v) is 22.3. The Labute approximate surface area is 231 Å². The van der Waals surface area contributed by atoms with E-state index < -0.39 is 0 Å². The van der Waals surface area contributed by atoms with Crippen LogP contribution in [0.4, 0.5) is 0 Å². The molecular formula is C34H19N3S2. The van der Waals surface area contributed by atoms with Crippen molar-refractivity contribution in [3.63, 3.8) is 0 Å². The van der Waals surface area contributed by atoms with Crippen LogP contribution in [0.5, 0.6) is 0 Å². The van der Waals surface area contributed by atoms with Gasteiger partial charge in [-0.25, -0.2) is 9.97 Å². The second-order valence-corrected chi connectivity index (χ2v) is 11.9. The maximum absolute atomic E-state index is 4.70. The van der Waals surface area contributed by atoms with E-state index >= 15 is 0 Å². The minimum Gasteiger partial charge on any atom is -0.308 e. The first-order valence-electron chi connectivity index (χ1n) is 12.9. The second kappa shape index (κ2) is 7.96. The van der Waals surface area contributed by atoms with Gasteiger partial charge in [-0.15, -0.1) is 22.7 Å². The molecule has 4 aromatic heterocycles. The predicted octanol–water partition coefficient (Wildman–Crippen LogP) is 9.98. The quantitative estimate of drug-likeness (QED) is 0.221. The smallest absolute Gasteiger partial charge is 0.127 e. The highest BCUT2D eigenvalue weighted by atomic mass is 32.1. The summed E-state index contributed by atoms with van der Waals surface area (Å²) < 4.78 is 6.36. The number of para-hydroxylation sites is 1. The number of rotatable bonds is 2. The monoisotopic (exact) mass is 533 g/mol. The molecule has 0 N–H and O–H groups in total. The molecule has 5 aromatic carbocycles. The summed E-state index contributed by atoms with van der Waals surface area (Å²) in [7, 11) is 0. The van der Waals surface area contributed by atoms with Crippen LogP contribution >= 0.6 is 22.7 Å². The molecule has 3 nitrogen and oxygen atoms in total. The lowest BCUT2D eigenvalue weighted by Crippen LogP contribution is -1.94. The van der Waals surface area contributed by atoms with Crippen LogP contribution in [0.1, 0.15) is 0 Å². The minimum atomic E-state index is 1.03. The first-order valence-corrected chi connectivity index (χ1v) is 14.5. The van der Waals surface area contributed by atoms with E-state index in [1.165, 1.54) is 63.2 Å². The van der Waals surface area contributed by atoms with Gasteiger partial charge in [-0.05, 0) is 35.4 Å². The lowest BCUT2D eigenvalue weighted by molar-refractivity contribution is 1.19. The fourth-order valence-electron chi connectivity index (χ4n) is 6.11. The standard InChI is InChI=1S/C34H19N3S2/c1-2-8-20(9-3-1)21-14-16-22(17-15-21)37-26-12-6-4-10-23(26)30-31(37)33-29(25-18-35-19-36-34(25)39-33)28-24-11-5-7-13-27(24)38-32(28)30/h1-19H. The van der Waals surface area contributed by atoms with Crippen LogP contribution in [0.15, 0.2) is 116 Å². The molecule has 5 heteroatoms. The molecule has 9 rings (SSSR count). The third-order valence-electron chi connectivity index (χ3n) is 7.77. The Morgan fingerprint density at radius 2 is 1.28 bits per heavy atom. The first kappa shape index (κ1) is 21.4. The number of hydrogen-bond acceptors (Lipinski definition) is 4. The van der Waals surface area contributed by atoms with Crippen molar-refractivity contribution in [1.29, 1.82) is 0 Å². The van der Waals surface area contributed by atoms with Gasteiger partial charge in [0.1, 0.15) is 11.2 Å². The second-order valence-electron chi connectivity index (χ2n) is 9.84. The summed E-state index contributed by atoms with van der Waals surface area (Å²) in [5.74, 6) is 0. The van der Waals surface area contributed by atoms with Crippen molar-refractivity contribution in [2.24, 2.45) is 0 Å². The average Bonchev–Trinajstić information content (AvgIpc) is 3.67. The Hall–Kier alpha value is -4.58. The van der Waals surface area contributed by atoms with Crippen molar-refractivity contribution in [2.45, 2.75) is 0 Å². The third-order valence-corrected chi connectivity index (χ3v) is 10.1. The van der Waals surface area contributed by atoms with Gasteiger partial charge in [0.05, 0.1) is 15.7 Å². The molecule has 0 spiro atoms. The lowest BCUT2D eigenvalue weighted by atomic mass is 10.0. The summed E-state index contributed by atoms with van der Waals surface area (Å²) in [5.41, 5.74) is 6.07. The molecule has 4 heterocycles. The fourth-order valence-corrected chi connectivity index (χ4v) is 8.54. The molecule has 0 radical (unpaired) electrons. The fraction of sp³-hybridized carbons (Fsp3) is 0. The van der Waals surface area contributed by atoms with E-state index in [1.54, 1.807) is 17.7 Å².